The van der Waals surface area contributed by atoms with Gasteiger partial charge < -0.3 is 16.4 Å². The van der Waals surface area contributed by atoms with Gasteiger partial charge in [-0.1, -0.05) is 30.1 Å². The molecule has 0 fully saturated rings. The highest BCUT2D eigenvalue weighted by molar-refractivity contribution is 6.42. The van der Waals surface area contributed by atoms with Gasteiger partial charge in [0.05, 0.1) is 10.0 Å². The molecular weight excluding hydrogens is 299 g/mol. The Morgan fingerprint density at radius 3 is 2.60 bits per heavy atom. The average molecular weight is 317 g/mol. The van der Waals surface area contributed by atoms with Crippen molar-refractivity contribution >= 4 is 35.1 Å². The molecule has 7 heteroatoms. The minimum atomic E-state index is -0.213. The van der Waals surface area contributed by atoms with E-state index in [1.165, 1.54) is 6.07 Å². The Morgan fingerprint density at radius 2 is 1.95 bits per heavy atom. The number of aliphatic imine (C=N–C) groups is 1. The molecule has 1 amide bonds. The highest BCUT2D eigenvalue weighted by Gasteiger charge is 2.07. The normalized spacial score (nSPS) is 11.2. The maximum absolute atomic E-state index is 11.8. The summed E-state index contributed by atoms with van der Waals surface area (Å²) < 4.78 is 0. The smallest absolute Gasteiger partial charge is 0.251 e. The predicted molar refractivity (Wildman–Crippen MR) is 83.6 cm³/mol. The molecule has 0 heterocycles. The number of rotatable bonds is 6. The molecule has 20 heavy (non-hydrogen) atoms. The molecule has 0 radical (unpaired) electrons. The maximum Gasteiger partial charge on any atom is 0.251 e. The van der Waals surface area contributed by atoms with Gasteiger partial charge in [-0.3, -0.25) is 9.79 Å². The molecule has 0 spiro atoms. The molecule has 110 valence electrons. The number of amides is 1. The Kier molecular flexibility index (Phi) is 7.18. The first kappa shape index (κ1) is 16.6. The highest BCUT2D eigenvalue weighted by Crippen LogP contribution is 2.22. The predicted octanol–water partition coefficient (Wildman–Crippen LogP) is 2.04. The molecule has 1 aromatic carbocycles. The van der Waals surface area contributed by atoms with E-state index in [0.717, 1.165) is 6.42 Å². The van der Waals surface area contributed by atoms with Crippen molar-refractivity contribution in [2.45, 2.75) is 13.3 Å². The minimum absolute atomic E-state index is 0.213. The van der Waals surface area contributed by atoms with Gasteiger partial charge in [-0.15, -0.1) is 0 Å². The number of carbonyl (C=O) groups is 1. The van der Waals surface area contributed by atoms with Crippen LogP contribution in [0.3, 0.4) is 0 Å². The summed E-state index contributed by atoms with van der Waals surface area (Å²) in [6.45, 7) is 3.65. The third-order valence-electron chi connectivity index (χ3n) is 2.40. The molecule has 0 saturated carbocycles. The van der Waals surface area contributed by atoms with Crippen LogP contribution in [-0.2, 0) is 0 Å². The van der Waals surface area contributed by atoms with Crippen LogP contribution in [0.4, 0.5) is 0 Å². The average Bonchev–Trinajstić information content (AvgIpc) is 2.44. The molecule has 0 bridgehead atoms. The van der Waals surface area contributed by atoms with Gasteiger partial charge in [0, 0.05) is 25.2 Å². The van der Waals surface area contributed by atoms with Gasteiger partial charge in [-0.05, 0) is 24.6 Å². The summed E-state index contributed by atoms with van der Waals surface area (Å²) in [5.74, 6) is 0.171. The summed E-state index contributed by atoms with van der Waals surface area (Å²) in [7, 11) is 0. The third kappa shape index (κ3) is 5.67. The second-order valence-electron chi connectivity index (χ2n) is 4.08. The Morgan fingerprint density at radius 1 is 1.25 bits per heavy atom. The fourth-order valence-corrected chi connectivity index (χ4v) is 1.69. The zero-order valence-electron chi connectivity index (χ0n) is 11.2. The van der Waals surface area contributed by atoms with Crippen LogP contribution in [0.2, 0.25) is 10.0 Å². The number of halogens is 2. The van der Waals surface area contributed by atoms with E-state index in [1.807, 2.05) is 6.92 Å². The first-order chi connectivity index (χ1) is 9.54. The molecule has 1 aromatic rings. The fourth-order valence-electron chi connectivity index (χ4n) is 1.39. The number of hydrogen-bond donors (Lipinski definition) is 3. The van der Waals surface area contributed by atoms with Crippen LogP contribution < -0.4 is 16.4 Å². The largest absolute Gasteiger partial charge is 0.370 e. The standard InChI is InChI=1S/C13H18Cl2N4O/c1-2-5-18-13(16)19-7-6-17-12(20)9-3-4-10(14)11(15)8-9/h3-4,8H,2,5-7H2,1H3,(H,17,20)(H3,16,18,19). The van der Waals surface area contributed by atoms with Crippen molar-refractivity contribution in [3.8, 4) is 0 Å². The van der Waals surface area contributed by atoms with Gasteiger partial charge in [0.25, 0.3) is 5.91 Å². The monoisotopic (exact) mass is 316 g/mol. The van der Waals surface area contributed by atoms with Crippen molar-refractivity contribution < 1.29 is 4.79 Å². The molecule has 1 rings (SSSR count). The van der Waals surface area contributed by atoms with Crippen LogP contribution >= 0.6 is 23.2 Å². The Hall–Kier alpha value is -1.46. The van der Waals surface area contributed by atoms with Crippen molar-refractivity contribution in [3.63, 3.8) is 0 Å². The van der Waals surface area contributed by atoms with Crippen molar-refractivity contribution in [3.05, 3.63) is 33.8 Å². The SMILES string of the molecule is CCCN=C(N)NCCNC(=O)c1ccc(Cl)c(Cl)c1. The molecule has 5 nitrogen and oxygen atoms in total. The van der Waals surface area contributed by atoms with E-state index in [2.05, 4.69) is 15.6 Å². The van der Waals surface area contributed by atoms with E-state index in [0.29, 0.717) is 41.2 Å². The topological polar surface area (TPSA) is 79.5 Å². The zero-order valence-corrected chi connectivity index (χ0v) is 12.8. The van der Waals surface area contributed by atoms with Crippen molar-refractivity contribution in [1.29, 1.82) is 0 Å². The summed E-state index contributed by atoms with van der Waals surface area (Å²) in [6.07, 6.45) is 0.941. The zero-order chi connectivity index (χ0) is 15.0. The number of hydrogen-bond acceptors (Lipinski definition) is 2. The number of nitrogens with one attached hydrogen (secondary N) is 2. The summed E-state index contributed by atoms with van der Waals surface area (Å²) >= 11 is 11.6. The van der Waals surface area contributed by atoms with Gasteiger partial charge in [-0.25, -0.2) is 0 Å². The van der Waals surface area contributed by atoms with Crippen LogP contribution in [0.25, 0.3) is 0 Å². The van der Waals surface area contributed by atoms with Crippen molar-refractivity contribution in [2.24, 2.45) is 10.7 Å². The number of nitrogens with two attached hydrogens (primary N) is 1. The lowest BCUT2D eigenvalue weighted by molar-refractivity contribution is 0.0954. The first-order valence-electron chi connectivity index (χ1n) is 6.31. The van der Waals surface area contributed by atoms with E-state index in [1.54, 1.807) is 12.1 Å². The Bertz CT molecular complexity index is 491. The van der Waals surface area contributed by atoms with Crippen molar-refractivity contribution in [1.82, 2.24) is 10.6 Å². The molecule has 0 saturated heterocycles. The molecule has 0 aromatic heterocycles. The van der Waals surface area contributed by atoms with E-state index < -0.39 is 0 Å². The molecule has 0 atom stereocenters. The molecule has 4 N–H and O–H groups in total. The summed E-state index contributed by atoms with van der Waals surface area (Å²) in [5.41, 5.74) is 6.08. The van der Waals surface area contributed by atoms with E-state index in [4.69, 9.17) is 28.9 Å². The maximum atomic E-state index is 11.8. The second kappa shape index (κ2) is 8.66. The summed E-state index contributed by atoms with van der Waals surface area (Å²) in [6, 6.07) is 4.74. The van der Waals surface area contributed by atoms with E-state index in [-0.39, 0.29) is 5.91 Å². The number of carbonyl (C=O) groups excluding carboxylic acids is 1. The second-order valence-corrected chi connectivity index (χ2v) is 4.89. The quantitative estimate of drug-likeness (QED) is 0.427. The van der Waals surface area contributed by atoms with Gasteiger partial charge >= 0.3 is 0 Å². The number of benzene rings is 1. The van der Waals surface area contributed by atoms with Crippen molar-refractivity contribution in [2.75, 3.05) is 19.6 Å². The van der Waals surface area contributed by atoms with Crippen LogP contribution in [-0.4, -0.2) is 31.5 Å². The molecule has 0 aliphatic rings. The summed E-state index contributed by atoms with van der Waals surface area (Å²) in [5, 5.41) is 6.43. The minimum Gasteiger partial charge on any atom is -0.370 e. The lowest BCUT2D eigenvalue weighted by Gasteiger charge is -2.08. The van der Waals surface area contributed by atoms with Gasteiger partial charge in [-0.2, -0.15) is 0 Å². The molecular formula is C13H18Cl2N4O. The lowest BCUT2D eigenvalue weighted by Crippen LogP contribution is -2.38. The van der Waals surface area contributed by atoms with Crippen LogP contribution in [0, 0.1) is 0 Å². The fraction of sp³-hybridized carbons (Fsp3) is 0.385. The number of guanidine groups is 1. The number of nitrogens with zero attached hydrogens (tertiary/aromatic N) is 1. The third-order valence-corrected chi connectivity index (χ3v) is 3.14. The van der Waals surface area contributed by atoms with Gasteiger partial charge in [0.2, 0.25) is 0 Å². The van der Waals surface area contributed by atoms with Crippen LogP contribution in [0.15, 0.2) is 23.2 Å². The molecule has 0 unspecified atom stereocenters. The highest BCUT2D eigenvalue weighted by atomic mass is 35.5. The van der Waals surface area contributed by atoms with Gasteiger partial charge in [0.15, 0.2) is 5.96 Å². The Balaban J connectivity index is 2.35. The molecule has 0 aliphatic carbocycles. The van der Waals surface area contributed by atoms with E-state index >= 15 is 0 Å². The summed E-state index contributed by atoms with van der Waals surface area (Å²) in [4.78, 5) is 15.9. The lowest BCUT2D eigenvalue weighted by atomic mass is 10.2. The molecule has 0 aliphatic heterocycles. The van der Waals surface area contributed by atoms with Gasteiger partial charge in [0.1, 0.15) is 0 Å². The van der Waals surface area contributed by atoms with Crippen LogP contribution in [0.5, 0.6) is 0 Å². The Labute approximate surface area is 128 Å². The first-order valence-corrected chi connectivity index (χ1v) is 7.07. The van der Waals surface area contributed by atoms with E-state index in [9.17, 15) is 4.79 Å². The van der Waals surface area contributed by atoms with Crippen LogP contribution in [0.1, 0.15) is 23.7 Å².